The van der Waals surface area contributed by atoms with Crippen LogP contribution in [0.2, 0.25) is 0 Å². The summed E-state index contributed by atoms with van der Waals surface area (Å²) in [5.41, 5.74) is 5.45. The molecule has 1 aliphatic heterocycles. The van der Waals surface area contributed by atoms with Crippen molar-refractivity contribution in [2.75, 3.05) is 26.2 Å². The van der Waals surface area contributed by atoms with Crippen LogP contribution in [0, 0.1) is 6.92 Å². The molecule has 5 heteroatoms. The van der Waals surface area contributed by atoms with Crippen LogP contribution in [0.1, 0.15) is 28.4 Å². The summed E-state index contributed by atoms with van der Waals surface area (Å²) in [6.07, 6.45) is 1.80. The SMILES string of the molecule is Cc1cccn2c(=O)cc(C[NH+]3CC[NH+](C(c4ccccc4)c4ccccc4)CC3)nc12. The van der Waals surface area contributed by atoms with E-state index < -0.39 is 0 Å². The third-order valence-corrected chi connectivity index (χ3v) is 6.64. The number of nitrogens with zero attached hydrogens (tertiary/aromatic N) is 2. The summed E-state index contributed by atoms with van der Waals surface area (Å²) in [5, 5.41) is 0. The fourth-order valence-electron chi connectivity index (χ4n) is 5.00. The van der Waals surface area contributed by atoms with Gasteiger partial charge >= 0.3 is 0 Å². The summed E-state index contributed by atoms with van der Waals surface area (Å²) in [4.78, 5) is 20.5. The van der Waals surface area contributed by atoms with E-state index in [1.165, 1.54) is 16.0 Å². The first kappa shape index (κ1) is 20.6. The van der Waals surface area contributed by atoms with Crippen LogP contribution < -0.4 is 15.4 Å². The molecule has 3 heterocycles. The average Bonchev–Trinajstić information content (AvgIpc) is 2.83. The number of piperazine rings is 1. The Morgan fingerprint density at radius 1 is 0.875 bits per heavy atom. The molecule has 1 fully saturated rings. The maximum absolute atomic E-state index is 12.6. The molecular weight excluding hydrogens is 396 g/mol. The summed E-state index contributed by atoms with van der Waals surface area (Å²) in [7, 11) is 0. The van der Waals surface area contributed by atoms with Gasteiger partial charge < -0.3 is 9.80 Å². The topological polar surface area (TPSA) is 43.2 Å². The van der Waals surface area contributed by atoms with Gasteiger partial charge in [-0.1, -0.05) is 66.7 Å². The first-order chi connectivity index (χ1) is 15.7. The lowest BCUT2D eigenvalue weighted by Crippen LogP contribution is -3.27. The molecule has 0 bridgehead atoms. The van der Waals surface area contributed by atoms with Gasteiger partial charge in [-0.2, -0.15) is 0 Å². The number of benzene rings is 2. The van der Waals surface area contributed by atoms with E-state index in [-0.39, 0.29) is 5.56 Å². The Hall–Kier alpha value is -3.28. The van der Waals surface area contributed by atoms with Gasteiger partial charge in [-0.05, 0) is 18.6 Å². The third-order valence-electron chi connectivity index (χ3n) is 6.64. The number of aromatic nitrogens is 2. The van der Waals surface area contributed by atoms with Crippen molar-refractivity contribution < 1.29 is 9.80 Å². The van der Waals surface area contributed by atoms with Crippen LogP contribution in [-0.4, -0.2) is 35.6 Å². The molecule has 2 aromatic heterocycles. The van der Waals surface area contributed by atoms with E-state index in [1.807, 2.05) is 19.1 Å². The lowest BCUT2D eigenvalue weighted by molar-refractivity contribution is -1.03. The molecule has 0 unspecified atom stereocenters. The highest BCUT2D eigenvalue weighted by Crippen LogP contribution is 2.18. The van der Waals surface area contributed by atoms with E-state index in [1.54, 1.807) is 21.6 Å². The maximum Gasteiger partial charge on any atom is 0.258 e. The smallest absolute Gasteiger partial charge is 0.258 e. The molecule has 1 aliphatic rings. The molecule has 2 N–H and O–H groups in total. The largest absolute Gasteiger partial charge is 0.321 e. The molecule has 4 aromatic rings. The van der Waals surface area contributed by atoms with Gasteiger partial charge in [0.1, 0.15) is 50.1 Å². The number of rotatable bonds is 5. The zero-order valence-electron chi connectivity index (χ0n) is 18.5. The zero-order valence-corrected chi connectivity index (χ0v) is 18.5. The van der Waals surface area contributed by atoms with Crippen molar-refractivity contribution in [3.05, 3.63) is 118 Å². The van der Waals surface area contributed by atoms with Crippen LogP contribution in [0.3, 0.4) is 0 Å². The van der Waals surface area contributed by atoms with Gasteiger partial charge in [0.15, 0.2) is 0 Å². The third kappa shape index (κ3) is 4.22. The first-order valence-electron chi connectivity index (χ1n) is 11.4. The Kier molecular flexibility index (Phi) is 5.84. The van der Waals surface area contributed by atoms with Gasteiger partial charge in [-0.15, -0.1) is 0 Å². The van der Waals surface area contributed by atoms with Gasteiger partial charge in [-0.25, -0.2) is 4.98 Å². The lowest BCUT2D eigenvalue weighted by atomic mass is 9.96. The summed E-state index contributed by atoms with van der Waals surface area (Å²) < 4.78 is 1.64. The quantitative estimate of drug-likeness (QED) is 0.502. The summed E-state index contributed by atoms with van der Waals surface area (Å²) in [6, 6.07) is 27.7. The van der Waals surface area contributed by atoms with Crippen molar-refractivity contribution >= 4 is 5.65 Å². The molecule has 2 aromatic carbocycles. The van der Waals surface area contributed by atoms with Crippen LogP contribution >= 0.6 is 0 Å². The number of fused-ring (bicyclic) bond motifs is 1. The van der Waals surface area contributed by atoms with Crippen LogP contribution in [0.25, 0.3) is 5.65 Å². The number of hydrogen-bond acceptors (Lipinski definition) is 2. The molecule has 0 amide bonds. The predicted octanol–water partition coefficient (Wildman–Crippen LogP) is 1.08. The van der Waals surface area contributed by atoms with Crippen molar-refractivity contribution in [3.63, 3.8) is 0 Å². The van der Waals surface area contributed by atoms with E-state index in [0.717, 1.165) is 49.6 Å². The van der Waals surface area contributed by atoms with Crippen molar-refractivity contribution in [1.82, 2.24) is 9.38 Å². The van der Waals surface area contributed by atoms with Crippen LogP contribution in [-0.2, 0) is 6.54 Å². The standard InChI is InChI=1S/C27H28N4O/c1-21-9-8-14-31-25(32)19-24(28-27(21)31)20-29-15-17-30(18-16-29)26(22-10-4-2-5-11-22)23-12-6-3-7-13-23/h2-14,19,26H,15-18,20H2,1H3/p+2. The molecule has 0 radical (unpaired) electrons. The van der Waals surface area contributed by atoms with Gasteiger partial charge in [0.05, 0.1) is 0 Å². The number of nitrogens with one attached hydrogen (secondary N) is 2. The number of hydrogen-bond donors (Lipinski definition) is 2. The van der Waals surface area contributed by atoms with Crippen molar-refractivity contribution in [2.45, 2.75) is 19.5 Å². The van der Waals surface area contributed by atoms with E-state index in [0.29, 0.717) is 6.04 Å². The van der Waals surface area contributed by atoms with Gasteiger partial charge in [0, 0.05) is 23.4 Å². The fraction of sp³-hybridized carbons (Fsp3) is 0.259. The molecule has 1 saturated heterocycles. The van der Waals surface area contributed by atoms with Gasteiger partial charge in [-0.3, -0.25) is 9.20 Å². The predicted molar refractivity (Wildman–Crippen MR) is 126 cm³/mol. The second-order valence-electron chi connectivity index (χ2n) is 8.81. The maximum atomic E-state index is 12.6. The molecule has 0 spiro atoms. The van der Waals surface area contributed by atoms with Crippen molar-refractivity contribution in [1.29, 1.82) is 0 Å². The fourth-order valence-corrected chi connectivity index (χ4v) is 5.00. The molecule has 5 nitrogen and oxygen atoms in total. The Morgan fingerprint density at radius 2 is 1.50 bits per heavy atom. The molecule has 5 rings (SSSR count). The van der Waals surface area contributed by atoms with Gasteiger partial charge in [0.25, 0.3) is 5.56 Å². The average molecular weight is 427 g/mol. The molecule has 0 saturated carbocycles. The number of quaternary nitrogens is 2. The Balaban J connectivity index is 1.33. The number of pyridine rings is 1. The van der Waals surface area contributed by atoms with Crippen LogP contribution in [0.4, 0.5) is 0 Å². The molecule has 32 heavy (non-hydrogen) atoms. The van der Waals surface area contributed by atoms with Crippen LogP contribution in [0.5, 0.6) is 0 Å². The van der Waals surface area contributed by atoms with E-state index in [9.17, 15) is 4.79 Å². The van der Waals surface area contributed by atoms with E-state index in [4.69, 9.17) is 4.98 Å². The Morgan fingerprint density at radius 3 is 2.12 bits per heavy atom. The summed E-state index contributed by atoms with van der Waals surface area (Å²) in [6.45, 7) is 7.13. The van der Waals surface area contributed by atoms with E-state index >= 15 is 0 Å². The highest BCUT2D eigenvalue weighted by Gasteiger charge is 2.31. The Labute approximate surface area is 188 Å². The van der Waals surface area contributed by atoms with Crippen LogP contribution in [0.15, 0.2) is 89.9 Å². The minimum atomic E-state index is 0.00517. The second-order valence-corrected chi connectivity index (χ2v) is 8.81. The first-order valence-corrected chi connectivity index (χ1v) is 11.4. The molecule has 162 valence electrons. The minimum Gasteiger partial charge on any atom is -0.321 e. The number of aryl methyl sites for hydroxylation is 1. The molecular formula is C27H30N4O+2. The monoisotopic (exact) mass is 426 g/mol. The lowest BCUT2D eigenvalue weighted by Gasteiger charge is -2.35. The minimum absolute atomic E-state index is 0.00517. The zero-order chi connectivity index (χ0) is 21.9. The summed E-state index contributed by atoms with van der Waals surface area (Å²) >= 11 is 0. The highest BCUT2D eigenvalue weighted by atomic mass is 16.1. The second kappa shape index (κ2) is 9.07. The normalized spacial score (nSPS) is 18.8. The highest BCUT2D eigenvalue weighted by molar-refractivity contribution is 5.46. The van der Waals surface area contributed by atoms with Gasteiger partial charge in [0.2, 0.25) is 0 Å². The summed E-state index contributed by atoms with van der Waals surface area (Å²) in [5.74, 6) is 0. The Bertz CT molecular complexity index is 1210. The van der Waals surface area contributed by atoms with Crippen molar-refractivity contribution in [3.8, 4) is 0 Å². The van der Waals surface area contributed by atoms with E-state index in [2.05, 4.69) is 60.7 Å². The molecule has 0 atom stereocenters. The molecule has 0 aliphatic carbocycles. The van der Waals surface area contributed by atoms with Crippen molar-refractivity contribution in [2.24, 2.45) is 0 Å².